The van der Waals surface area contributed by atoms with Crippen LogP contribution in [0.5, 0.6) is 0 Å². The summed E-state index contributed by atoms with van der Waals surface area (Å²) in [5.74, 6) is -0.217. The number of thiazole rings is 1. The Labute approximate surface area is 234 Å². The zero-order chi connectivity index (χ0) is 28.4. The molecular weight excluding hydrogens is 526 g/mol. The lowest BCUT2D eigenvalue weighted by molar-refractivity contribution is -0.384. The molecule has 5 rings (SSSR count). The minimum Gasteiger partial charge on any atom is -0.463 e. The molecule has 4 aromatic rings. The number of rotatable bonds is 7. The van der Waals surface area contributed by atoms with Crippen LogP contribution in [0.15, 0.2) is 94.2 Å². The number of benzene rings is 3. The predicted octanol–water partition coefficient (Wildman–Crippen LogP) is 4.97. The summed E-state index contributed by atoms with van der Waals surface area (Å²) in [4.78, 5) is 43.3. The Morgan fingerprint density at radius 1 is 1.07 bits per heavy atom. The number of carbonyl (C=O) groups excluding carboxylic acids is 1. The molecule has 0 N–H and O–H groups in total. The molecule has 9 heteroatoms. The molecule has 0 spiro atoms. The number of nitro benzene ring substituents is 1. The first-order valence-corrected chi connectivity index (χ1v) is 13.7. The Kier molecular flexibility index (Phi) is 7.57. The fraction of sp³-hybridized carbons (Fsp3) is 0.194. The van der Waals surface area contributed by atoms with Gasteiger partial charge in [0.1, 0.15) is 0 Å². The highest BCUT2D eigenvalue weighted by Gasteiger charge is 2.35. The van der Waals surface area contributed by atoms with Gasteiger partial charge in [-0.15, -0.1) is 0 Å². The van der Waals surface area contributed by atoms with Crippen molar-refractivity contribution in [2.24, 2.45) is 4.99 Å². The van der Waals surface area contributed by atoms with Crippen molar-refractivity contribution in [2.45, 2.75) is 32.7 Å². The quantitative estimate of drug-likeness (QED) is 0.183. The van der Waals surface area contributed by atoms with Crippen LogP contribution in [-0.4, -0.2) is 22.1 Å². The molecule has 1 atom stereocenters. The maximum Gasteiger partial charge on any atom is 0.338 e. The van der Waals surface area contributed by atoms with E-state index in [1.54, 1.807) is 29.7 Å². The third-order valence-corrected chi connectivity index (χ3v) is 7.68. The van der Waals surface area contributed by atoms with Crippen molar-refractivity contribution in [2.75, 3.05) is 6.61 Å². The molecule has 0 aliphatic carbocycles. The molecule has 1 aromatic heterocycles. The first-order chi connectivity index (χ1) is 19.3. The third kappa shape index (κ3) is 5.15. The molecule has 1 aliphatic heterocycles. The Hall–Kier alpha value is -4.63. The fourth-order valence-electron chi connectivity index (χ4n) is 4.66. The van der Waals surface area contributed by atoms with Crippen LogP contribution in [0.4, 0.5) is 5.69 Å². The van der Waals surface area contributed by atoms with Crippen molar-refractivity contribution in [1.82, 2.24) is 4.57 Å². The number of carbonyl (C=O) groups is 1. The molecular formula is C31H27N3O5S. The van der Waals surface area contributed by atoms with Crippen molar-refractivity contribution in [1.29, 1.82) is 0 Å². The van der Waals surface area contributed by atoms with Crippen LogP contribution in [0.3, 0.4) is 0 Å². The van der Waals surface area contributed by atoms with Crippen LogP contribution in [-0.2, 0) is 9.53 Å². The molecule has 0 radical (unpaired) electrons. The SMILES string of the molecule is CCOC(=O)C1=C(c2ccccc2)N=c2s/c(=C\c3ccc([N+](=O)[O-])cc3)c(=O)n2[C@H]1c1ccc(C(C)C)cc1. The molecule has 40 heavy (non-hydrogen) atoms. The van der Waals surface area contributed by atoms with Gasteiger partial charge in [-0.05, 0) is 47.7 Å². The number of nitro groups is 1. The average Bonchev–Trinajstić information content (AvgIpc) is 3.27. The number of esters is 1. The lowest BCUT2D eigenvalue weighted by Gasteiger charge is -2.26. The largest absolute Gasteiger partial charge is 0.463 e. The zero-order valence-corrected chi connectivity index (χ0v) is 23.1. The van der Waals surface area contributed by atoms with E-state index in [4.69, 9.17) is 9.73 Å². The lowest BCUT2D eigenvalue weighted by atomic mass is 9.91. The second-order valence-corrected chi connectivity index (χ2v) is 10.6. The average molecular weight is 554 g/mol. The number of non-ortho nitro benzene ring substituents is 1. The molecule has 0 saturated heterocycles. The van der Waals surface area contributed by atoms with Crippen LogP contribution in [0.1, 0.15) is 55.0 Å². The molecule has 2 heterocycles. The Morgan fingerprint density at radius 3 is 2.35 bits per heavy atom. The van der Waals surface area contributed by atoms with E-state index in [1.165, 1.54) is 23.5 Å². The second-order valence-electron chi connectivity index (χ2n) is 9.60. The zero-order valence-electron chi connectivity index (χ0n) is 22.2. The smallest absolute Gasteiger partial charge is 0.338 e. The topological polar surface area (TPSA) is 104 Å². The molecule has 202 valence electrons. The summed E-state index contributed by atoms with van der Waals surface area (Å²) in [5.41, 5.74) is 3.69. The summed E-state index contributed by atoms with van der Waals surface area (Å²) in [6.45, 7) is 6.13. The maximum absolute atomic E-state index is 13.9. The van der Waals surface area contributed by atoms with Crippen LogP contribution in [0.2, 0.25) is 0 Å². The third-order valence-electron chi connectivity index (χ3n) is 6.69. The number of aromatic nitrogens is 1. The van der Waals surface area contributed by atoms with Gasteiger partial charge < -0.3 is 4.74 Å². The number of fused-ring (bicyclic) bond motifs is 1. The van der Waals surface area contributed by atoms with Crippen LogP contribution in [0, 0.1) is 10.1 Å². The lowest BCUT2D eigenvalue weighted by Crippen LogP contribution is -2.40. The van der Waals surface area contributed by atoms with E-state index >= 15 is 0 Å². The summed E-state index contributed by atoms with van der Waals surface area (Å²) in [6, 6.07) is 22.5. The van der Waals surface area contributed by atoms with Gasteiger partial charge in [-0.25, -0.2) is 9.79 Å². The van der Waals surface area contributed by atoms with E-state index in [1.807, 2.05) is 54.6 Å². The van der Waals surface area contributed by atoms with Crippen LogP contribution < -0.4 is 14.9 Å². The normalized spacial score (nSPS) is 15.1. The van der Waals surface area contributed by atoms with Crippen LogP contribution >= 0.6 is 11.3 Å². The summed E-state index contributed by atoms with van der Waals surface area (Å²) in [6.07, 6.45) is 1.68. The first-order valence-electron chi connectivity index (χ1n) is 12.9. The fourth-order valence-corrected chi connectivity index (χ4v) is 5.66. The molecule has 1 aliphatic rings. The highest BCUT2D eigenvalue weighted by atomic mass is 32.1. The summed E-state index contributed by atoms with van der Waals surface area (Å²) < 4.78 is 7.45. The van der Waals surface area contributed by atoms with Gasteiger partial charge in [-0.1, -0.05) is 79.8 Å². The maximum atomic E-state index is 13.9. The first kappa shape index (κ1) is 27.0. The highest BCUT2D eigenvalue weighted by Crippen LogP contribution is 2.35. The summed E-state index contributed by atoms with van der Waals surface area (Å²) in [5, 5.41) is 11.1. The Morgan fingerprint density at radius 2 is 1.75 bits per heavy atom. The van der Waals surface area contributed by atoms with Gasteiger partial charge in [0.25, 0.3) is 11.2 Å². The van der Waals surface area contributed by atoms with Crippen molar-refractivity contribution < 1.29 is 14.5 Å². The second kappa shape index (κ2) is 11.2. The van der Waals surface area contributed by atoms with Crippen molar-refractivity contribution in [3.63, 3.8) is 0 Å². The minimum atomic E-state index is -0.759. The van der Waals surface area contributed by atoms with Crippen molar-refractivity contribution >= 4 is 34.8 Å². The van der Waals surface area contributed by atoms with E-state index in [0.29, 0.717) is 32.1 Å². The van der Waals surface area contributed by atoms with Crippen molar-refractivity contribution in [3.8, 4) is 0 Å². The van der Waals surface area contributed by atoms with E-state index in [0.717, 1.165) is 16.7 Å². The molecule has 0 fully saturated rings. The number of hydrogen-bond donors (Lipinski definition) is 0. The van der Waals surface area contributed by atoms with Gasteiger partial charge in [0.2, 0.25) is 0 Å². The standard InChI is InChI=1S/C31H27N3O5S/c1-4-39-30(36)26-27(22-8-6-5-7-9-22)32-31-33(28(26)23-14-12-21(13-15-23)19(2)3)29(35)25(40-31)18-20-10-16-24(17-11-20)34(37)38/h5-19,28H,4H2,1-3H3/b25-18-/t28-/m0/s1. The number of ether oxygens (including phenoxy) is 1. The van der Waals surface area contributed by atoms with Gasteiger partial charge in [0.15, 0.2) is 4.80 Å². The van der Waals surface area contributed by atoms with Gasteiger partial charge in [0, 0.05) is 17.7 Å². The predicted molar refractivity (Wildman–Crippen MR) is 155 cm³/mol. The summed E-state index contributed by atoms with van der Waals surface area (Å²) in [7, 11) is 0. The van der Waals surface area contributed by atoms with E-state index in [2.05, 4.69) is 13.8 Å². The van der Waals surface area contributed by atoms with Gasteiger partial charge in [0.05, 0.1) is 33.4 Å². The van der Waals surface area contributed by atoms with Gasteiger partial charge in [-0.2, -0.15) is 0 Å². The number of hydrogen-bond acceptors (Lipinski definition) is 7. The molecule has 0 unspecified atom stereocenters. The van der Waals surface area contributed by atoms with E-state index in [-0.39, 0.29) is 17.9 Å². The molecule has 3 aromatic carbocycles. The molecule has 0 amide bonds. The van der Waals surface area contributed by atoms with Gasteiger partial charge >= 0.3 is 5.97 Å². The minimum absolute atomic E-state index is 0.0324. The Balaban J connectivity index is 1.78. The highest BCUT2D eigenvalue weighted by molar-refractivity contribution is 7.07. The Bertz CT molecular complexity index is 1780. The monoisotopic (exact) mass is 553 g/mol. The van der Waals surface area contributed by atoms with Gasteiger partial charge in [-0.3, -0.25) is 19.5 Å². The van der Waals surface area contributed by atoms with Crippen molar-refractivity contribution in [3.05, 3.63) is 136 Å². The van der Waals surface area contributed by atoms with Crippen LogP contribution in [0.25, 0.3) is 11.8 Å². The molecule has 0 bridgehead atoms. The summed E-state index contributed by atoms with van der Waals surface area (Å²) >= 11 is 1.21. The van der Waals surface area contributed by atoms with E-state index in [9.17, 15) is 19.7 Å². The molecule has 0 saturated carbocycles. The van der Waals surface area contributed by atoms with E-state index < -0.39 is 16.9 Å². The molecule has 8 nitrogen and oxygen atoms in total. The number of nitrogens with zero attached hydrogens (tertiary/aromatic N) is 3.